The molecule has 2 rings (SSSR count). The average Bonchev–Trinajstić information content (AvgIpc) is 2.28. The summed E-state index contributed by atoms with van der Waals surface area (Å²) < 4.78 is 27.4. The van der Waals surface area contributed by atoms with Crippen LogP contribution in [0.5, 0.6) is 0 Å². The Morgan fingerprint density at radius 2 is 2.18 bits per heavy atom. The van der Waals surface area contributed by atoms with Crippen molar-refractivity contribution in [3.8, 4) is 0 Å². The van der Waals surface area contributed by atoms with Gasteiger partial charge in [-0.25, -0.2) is 4.79 Å². The maximum absolute atomic E-state index is 13.7. The van der Waals surface area contributed by atoms with Crippen LogP contribution >= 0.6 is 0 Å². The third-order valence-electron chi connectivity index (χ3n) is 3.42. The molecule has 1 N–H and O–H groups in total. The molecule has 0 aromatic heterocycles. The Morgan fingerprint density at radius 3 is 2.82 bits per heavy atom. The van der Waals surface area contributed by atoms with Crippen molar-refractivity contribution in [2.24, 2.45) is 0 Å². The molecule has 0 bridgehead atoms. The smallest absolute Gasteiger partial charge is 0.375 e. The van der Waals surface area contributed by atoms with E-state index in [1.807, 2.05) is 12.1 Å². The molecular weight excluding hydrogens is 226 g/mol. The van der Waals surface area contributed by atoms with Crippen LogP contribution < -0.4 is 0 Å². The number of aliphatic carboxylic acids is 1. The third-order valence-corrected chi connectivity index (χ3v) is 3.42. The minimum atomic E-state index is -3.68. The number of benzene rings is 1. The quantitative estimate of drug-likeness (QED) is 0.862. The SMILES string of the molecule is Cc1cccc2c1C(C(F)(F)C(=O)O)CCC2. The molecule has 1 aliphatic rings. The highest BCUT2D eigenvalue weighted by Gasteiger charge is 2.49. The molecule has 0 saturated heterocycles. The molecule has 1 aromatic carbocycles. The maximum Gasteiger partial charge on any atom is 0.375 e. The number of fused-ring (bicyclic) bond motifs is 1. The Balaban J connectivity index is 2.51. The van der Waals surface area contributed by atoms with Crippen molar-refractivity contribution in [3.63, 3.8) is 0 Å². The average molecular weight is 240 g/mol. The van der Waals surface area contributed by atoms with E-state index in [1.165, 1.54) is 0 Å². The number of carboxylic acids is 1. The first-order chi connectivity index (χ1) is 7.94. The number of aryl methyl sites for hydroxylation is 2. The zero-order chi connectivity index (χ0) is 12.6. The van der Waals surface area contributed by atoms with Crippen LogP contribution in [-0.4, -0.2) is 17.0 Å². The maximum atomic E-state index is 13.7. The zero-order valence-electron chi connectivity index (χ0n) is 9.54. The van der Waals surface area contributed by atoms with E-state index in [4.69, 9.17) is 5.11 Å². The van der Waals surface area contributed by atoms with Crippen molar-refractivity contribution in [1.82, 2.24) is 0 Å². The first-order valence-electron chi connectivity index (χ1n) is 5.64. The van der Waals surface area contributed by atoms with E-state index in [0.717, 1.165) is 17.5 Å². The molecule has 1 aromatic rings. The van der Waals surface area contributed by atoms with Crippen molar-refractivity contribution < 1.29 is 18.7 Å². The van der Waals surface area contributed by atoms with Crippen molar-refractivity contribution in [2.75, 3.05) is 0 Å². The van der Waals surface area contributed by atoms with Gasteiger partial charge in [-0.1, -0.05) is 18.2 Å². The van der Waals surface area contributed by atoms with E-state index in [0.29, 0.717) is 12.0 Å². The van der Waals surface area contributed by atoms with Crippen molar-refractivity contribution >= 4 is 5.97 Å². The van der Waals surface area contributed by atoms with Gasteiger partial charge >= 0.3 is 11.9 Å². The van der Waals surface area contributed by atoms with Crippen LogP contribution in [0.25, 0.3) is 0 Å². The molecule has 2 nitrogen and oxygen atoms in total. The van der Waals surface area contributed by atoms with Gasteiger partial charge in [-0.05, 0) is 42.9 Å². The molecule has 92 valence electrons. The minimum Gasteiger partial charge on any atom is -0.477 e. The summed E-state index contributed by atoms with van der Waals surface area (Å²) in [5, 5.41) is 8.66. The Kier molecular flexibility index (Phi) is 2.89. The predicted molar refractivity (Wildman–Crippen MR) is 59.4 cm³/mol. The van der Waals surface area contributed by atoms with Crippen molar-refractivity contribution in [3.05, 3.63) is 34.9 Å². The molecule has 0 fully saturated rings. The summed E-state index contributed by atoms with van der Waals surface area (Å²) >= 11 is 0. The van der Waals surface area contributed by atoms with Crippen molar-refractivity contribution in [2.45, 2.75) is 38.0 Å². The Hall–Kier alpha value is -1.45. The number of hydrogen-bond acceptors (Lipinski definition) is 1. The number of rotatable bonds is 2. The summed E-state index contributed by atoms with van der Waals surface area (Å²) in [6.07, 6.45) is 1.60. The largest absolute Gasteiger partial charge is 0.477 e. The number of carbonyl (C=O) groups is 1. The van der Waals surface area contributed by atoms with Gasteiger partial charge in [0.05, 0.1) is 5.92 Å². The fourth-order valence-electron chi connectivity index (χ4n) is 2.61. The molecule has 1 atom stereocenters. The van der Waals surface area contributed by atoms with E-state index in [9.17, 15) is 13.6 Å². The topological polar surface area (TPSA) is 37.3 Å². The number of alkyl halides is 2. The molecule has 4 heteroatoms. The summed E-state index contributed by atoms with van der Waals surface area (Å²) in [5.74, 6) is -6.90. The van der Waals surface area contributed by atoms with Gasteiger partial charge in [0.1, 0.15) is 0 Å². The number of halogens is 2. The van der Waals surface area contributed by atoms with E-state index >= 15 is 0 Å². The molecule has 0 saturated carbocycles. The van der Waals surface area contributed by atoms with Gasteiger partial charge in [-0.3, -0.25) is 0 Å². The lowest BCUT2D eigenvalue weighted by Crippen LogP contribution is -2.37. The van der Waals surface area contributed by atoms with Crippen LogP contribution in [0.15, 0.2) is 18.2 Å². The second-order valence-electron chi connectivity index (χ2n) is 4.52. The first kappa shape index (κ1) is 12.0. The molecule has 1 unspecified atom stereocenters. The van der Waals surface area contributed by atoms with Crippen LogP contribution in [0, 0.1) is 6.92 Å². The first-order valence-corrected chi connectivity index (χ1v) is 5.64. The predicted octanol–water partition coefficient (Wildman–Crippen LogP) is 3.13. The summed E-state index contributed by atoms with van der Waals surface area (Å²) in [6.45, 7) is 1.76. The molecule has 0 radical (unpaired) electrons. The fraction of sp³-hybridized carbons (Fsp3) is 0.462. The minimum absolute atomic E-state index is 0.233. The monoisotopic (exact) mass is 240 g/mol. The summed E-state index contributed by atoms with van der Waals surface area (Å²) in [7, 11) is 0. The van der Waals surface area contributed by atoms with E-state index < -0.39 is 17.8 Å². The van der Waals surface area contributed by atoms with Crippen LogP contribution in [0.2, 0.25) is 0 Å². The Labute approximate surface area is 98.3 Å². The molecule has 0 amide bonds. The van der Waals surface area contributed by atoms with Gasteiger partial charge in [0, 0.05) is 0 Å². The van der Waals surface area contributed by atoms with Crippen molar-refractivity contribution in [1.29, 1.82) is 0 Å². The lowest BCUT2D eigenvalue weighted by Gasteiger charge is -2.31. The van der Waals surface area contributed by atoms with Crippen LogP contribution in [-0.2, 0) is 11.2 Å². The van der Waals surface area contributed by atoms with Gasteiger partial charge in [-0.2, -0.15) is 8.78 Å². The highest BCUT2D eigenvalue weighted by Crippen LogP contribution is 2.43. The Morgan fingerprint density at radius 1 is 1.47 bits per heavy atom. The summed E-state index contributed by atoms with van der Waals surface area (Å²) in [4.78, 5) is 10.7. The third kappa shape index (κ3) is 1.92. The van der Waals surface area contributed by atoms with Gasteiger partial charge in [0.25, 0.3) is 0 Å². The van der Waals surface area contributed by atoms with Gasteiger partial charge in [0.15, 0.2) is 0 Å². The van der Waals surface area contributed by atoms with Gasteiger partial charge in [0.2, 0.25) is 0 Å². The number of hydrogen-bond donors (Lipinski definition) is 1. The summed E-state index contributed by atoms with van der Waals surface area (Å²) in [6, 6.07) is 5.40. The number of carboxylic acid groups (broad SMARTS) is 1. The molecule has 17 heavy (non-hydrogen) atoms. The molecule has 0 heterocycles. The fourth-order valence-corrected chi connectivity index (χ4v) is 2.61. The van der Waals surface area contributed by atoms with E-state index in [-0.39, 0.29) is 6.42 Å². The summed E-state index contributed by atoms with van der Waals surface area (Å²) in [5.41, 5.74) is 2.15. The molecular formula is C13H14F2O2. The highest BCUT2D eigenvalue weighted by atomic mass is 19.3. The zero-order valence-corrected chi connectivity index (χ0v) is 9.54. The van der Waals surface area contributed by atoms with Gasteiger partial charge in [-0.15, -0.1) is 0 Å². The van der Waals surface area contributed by atoms with E-state index in [2.05, 4.69) is 0 Å². The Bertz CT molecular complexity index is 455. The van der Waals surface area contributed by atoms with Crippen LogP contribution in [0.4, 0.5) is 8.78 Å². The highest BCUT2D eigenvalue weighted by molar-refractivity contribution is 5.77. The van der Waals surface area contributed by atoms with Crippen LogP contribution in [0.3, 0.4) is 0 Å². The second-order valence-corrected chi connectivity index (χ2v) is 4.52. The van der Waals surface area contributed by atoms with Crippen LogP contribution in [0.1, 0.15) is 35.4 Å². The lowest BCUT2D eigenvalue weighted by atomic mass is 9.77. The lowest BCUT2D eigenvalue weighted by molar-refractivity contribution is -0.169. The standard InChI is InChI=1S/C13H14F2O2/c1-8-4-2-5-9-6-3-7-10(11(8)9)13(14,15)12(16)17/h2,4-5,10H,3,6-7H2,1H3,(H,16,17). The normalized spacial score (nSPS) is 19.8. The second kappa shape index (κ2) is 4.09. The van der Waals surface area contributed by atoms with E-state index in [1.54, 1.807) is 13.0 Å². The van der Waals surface area contributed by atoms with Gasteiger partial charge < -0.3 is 5.11 Å². The molecule has 1 aliphatic carbocycles. The molecule has 0 aliphatic heterocycles. The molecule has 0 spiro atoms.